The average molecular weight is 173 g/mol. The van der Waals surface area contributed by atoms with Gasteiger partial charge in [-0.05, 0) is 12.5 Å². The third-order valence-corrected chi connectivity index (χ3v) is 2.63. The molecular weight excluding hydrogens is 158 g/mol. The van der Waals surface area contributed by atoms with E-state index in [1.165, 1.54) is 0 Å². The molecule has 0 aromatic rings. The largest absolute Gasteiger partial charge is 0.480 e. The maximum Gasteiger partial charge on any atom is 0.321 e. The highest BCUT2D eigenvalue weighted by Crippen LogP contribution is 2.24. The minimum Gasteiger partial charge on any atom is -0.480 e. The van der Waals surface area contributed by atoms with Gasteiger partial charge in [-0.15, -0.1) is 0 Å². The summed E-state index contributed by atoms with van der Waals surface area (Å²) in [5.41, 5.74) is 0. The van der Waals surface area contributed by atoms with Crippen molar-refractivity contribution in [1.82, 2.24) is 5.32 Å². The van der Waals surface area contributed by atoms with Crippen LogP contribution in [0.5, 0.6) is 0 Å². The van der Waals surface area contributed by atoms with Crippen molar-refractivity contribution >= 4 is 5.97 Å². The summed E-state index contributed by atoms with van der Waals surface area (Å²) in [6.07, 6.45) is 0.919. The molecule has 3 N–H and O–H groups in total. The molecule has 0 radical (unpaired) electrons. The molecule has 12 heavy (non-hydrogen) atoms. The van der Waals surface area contributed by atoms with Crippen LogP contribution in [0.2, 0.25) is 0 Å². The van der Waals surface area contributed by atoms with Gasteiger partial charge < -0.3 is 15.5 Å². The molecule has 1 aliphatic rings. The van der Waals surface area contributed by atoms with Gasteiger partial charge in [-0.25, -0.2) is 0 Å². The van der Waals surface area contributed by atoms with E-state index < -0.39 is 12.0 Å². The topological polar surface area (TPSA) is 69.6 Å². The summed E-state index contributed by atoms with van der Waals surface area (Å²) in [5, 5.41) is 20.6. The van der Waals surface area contributed by atoms with Gasteiger partial charge in [0.05, 0.1) is 0 Å². The van der Waals surface area contributed by atoms with Gasteiger partial charge in [0.1, 0.15) is 6.04 Å². The molecule has 1 heterocycles. The molecule has 4 nitrogen and oxygen atoms in total. The molecule has 1 rings (SSSR count). The van der Waals surface area contributed by atoms with E-state index in [2.05, 4.69) is 5.32 Å². The zero-order chi connectivity index (χ0) is 9.14. The van der Waals surface area contributed by atoms with Crippen LogP contribution >= 0.6 is 0 Å². The zero-order valence-corrected chi connectivity index (χ0v) is 7.16. The SMILES string of the molecule is CCC1CNC(C(=O)O)C1CO. The zero-order valence-electron chi connectivity index (χ0n) is 7.16. The van der Waals surface area contributed by atoms with Crippen molar-refractivity contribution in [3.63, 3.8) is 0 Å². The summed E-state index contributed by atoms with van der Waals surface area (Å²) < 4.78 is 0. The van der Waals surface area contributed by atoms with Crippen LogP contribution in [0.15, 0.2) is 0 Å². The summed E-state index contributed by atoms with van der Waals surface area (Å²) >= 11 is 0. The Balaban J connectivity index is 2.62. The lowest BCUT2D eigenvalue weighted by atomic mass is 9.89. The lowest BCUT2D eigenvalue weighted by Gasteiger charge is -2.17. The van der Waals surface area contributed by atoms with E-state index in [4.69, 9.17) is 10.2 Å². The van der Waals surface area contributed by atoms with E-state index in [0.29, 0.717) is 12.5 Å². The molecule has 0 bridgehead atoms. The molecule has 70 valence electrons. The fraction of sp³-hybridized carbons (Fsp3) is 0.875. The Hall–Kier alpha value is -0.610. The molecular formula is C8H15NO3. The molecule has 1 aliphatic heterocycles. The second-order valence-corrected chi connectivity index (χ2v) is 3.24. The number of aliphatic hydroxyl groups is 1. The van der Waals surface area contributed by atoms with Crippen LogP contribution in [0.25, 0.3) is 0 Å². The number of aliphatic carboxylic acids is 1. The second-order valence-electron chi connectivity index (χ2n) is 3.24. The van der Waals surface area contributed by atoms with Crippen LogP contribution in [0.4, 0.5) is 0 Å². The van der Waals surface area contributed by atoms with Crippen molar-refractivity contribution in [2.24, 2.45) is 11.8 Å². The number of nitrogens with one attached hydrogen (secondary N) is 1. The monoisotopic (exact) mass is 173 g/mol. The first-order valence-corrected chi connectivity index (χ1v) is 4.27. The van der Waals surface area contributed by atoms with Gasteiger partial charge in [-0.3, -0.25) is 4.79 Å². The number of carboxylic acid groups (broad SMARTS) is 1. The first-order valence-electron chi connectivity index (χ1n) is 4.27. The number of hydrogen-bond acceptors (Lipinski definition) is 3. The number of carboxylic acids is 1. The van der Waals surface area contributed by atoms with Crippen LogP contribution in [0, 0.1) is 11.8 Å². The van der Waals surface area contributed by atoms with Crippen LogP contribution in [-0.4, -0.2) is 35.4 Å². The first-order chi connectivity index (χ1) is 5.70. The summed E-state index contributed by atoms with van der Waals surface area (Å²) in [6.45, 7) is 2.68. The quantitative estimate of drug-likeness (QED) is 0.547. The lowest BCUT2D eigenvalue weighted by molar-refractivity contribution is -0.140. The Morgan fingerprint density at radius 3 is 2.75 bits per heavy atom. The van der Waals surface area contributed by atoms with E-state index in [1.807, 2.05) is 6.92 Å². The molecule has 4 heteroatoms. The van der Waals surface area contributed by atoms with Gasteiger partial charge in [0.2, 0.25) is 0 Å². The van der Waals surface area contributed by atoms with Gasteiger partial charge in [-0.2, -0.15) is 0 Å². The third-order valence-electron chi connectivity index (χ3n) is 2.63. The number of hydrogen-bond donors (Lipinski definition) is 3. The highest BCUT2D eigenvalue weighted by Gasteiger charge is 2.38. The normalized spacial score (nSPS) is 35.3. The predicted molar refractivity (Wildman–Crippen MR) is 43.8 cm³/mol. The van der Waals surface area contributed by atoms with Crippen molar-refractivity contribution in [3.8, 4) is 0 Å². The van der Waals surface area contributed by atoms with E-state index in [0.717, 1.165) is 6.42 Å². The number of carbonyl (C=O) groups is 1. The molecule has 3 unspecified atom stereocenters. The van der Waals surface area contributed by atoms with Gasteiger partial charge in [-0.1, -0.05) is 13.3 Å². The predicted octanol–water partition coefficient (Wildman–Crippen LogP) is -0.323. The first kappa shape index (κ1) is 9.48. The highest BCUT2D eigenvalue weighted by atomic mass is 16.4. The van der Waals surface area contributed by atoms with Gasteiger partial charge in [0.15, 0.2) is 0 Å². The van der Waals surface area contributed by atoms with E-state index in [1.54, 1.807) is 0 Å². The van der Waals surface area contributed by atoms with Crippen molar-refractivity contribution in [1.29, 1.82) is 0 Å². The number of rotatable bonds is 3. The Labute approximate surface area is 71.6 Å². The van der Waals surface area contributed by atoms with Gasteiger partial charge in [0.25, 0.3) is 0 Å². The van der Waals surface area contributed by atoms with Crippen molar-refractivity contribution in [3.05, 3.63) is 0 Å². The molecule has 0 saturated carbocycles. The summed E-state index contributed by atoms with van der Waals surface area (Å²) in [7, 11) is 0. The molecule has 1 saturated heterocycles. The minimum atomic E-state index is -0.856. The van der Waals surface area contributed by atoms with Crippen molar-refractivity contribution in [2.75, 3.05) is 13.2 Å². The van der Waals surface area contributed by atoms with Crippen LogP contribution < -0.4 is 5.32 Å². The molecule has 1 fully saturated rings. The lowest BCUT2D eigenvalue weighted by Crippen LogP contribution is -2.37. The van der Waals surface area contributed by atoms with E-state index in [9.17, 15) is 4.79 Å². The molecule has 0 amide bonds. The second kappa shape index (κ2) is 3.87. The standard InChI is InChI=1S/C8H15NO3/c1-2-5-3-9-7(8(11)12)6(5)4-10/h5-7,9-10H,2-4H2,1H3,(H,11,12). The summed E-state index contributed by atoms with van der Waals surface area (Å²) in [5.74, 6) is -0.673. The van der Waals surface area contributed by atoms with Crippen LogP contribution in [-0.2, 0) is 4.79 Å². The van der Waals surface area contributed by atoms with Gasteiger partial charge in [0, 0.05) is 12.5 Å². The number of aliphatic hydroxyl groups excluding tert-OH is 1. The molecule has 0 spiro atoms. The Morgan fingerprint density at radius 2 is 2.33 bits per heavy atom. The van der Waals surface area contributed by atoms with Crippen molar-refractivity contribution < 1.29 is 15.0 Å². The fourth-order valence-corrected chi connectivity index (χ4v) is 1.83. The molecule has 3 atom stereocenters. The average Bonchev–Trinajstić information content (AvgIpc) is 2.46. The van der Waals surface area contributed by atoms with Crippen LogP contribution in [0.3, 0.4) is 0 Å². The Morgan fingerprint density at radius 1 is 1.67 bits per heavy atom. The third kappa shape index (κ3) is 1.59. The highest BCUT2D eigenvalue weighted by molar-refractivity contribution is 5.74. The molecule has 0 aliphatic carbocycles. The maximum atomic E-state index is 10.7. The summed E-state index contributed by atoms with van der Waals surface area (Å²) in [4.78, 5) is 10.7. The molecule has 0 aromatic heterocycles. The van der Waals surface area contributed by atoms with Crippen LogP contribution in [0.1, 0.15) is 13.3 Å². The van der Waals surface area contributed by atoms with E-state index >= 15 is 0 Å². The van der Waals surface area contributed by atoms with E-state index in [-0.39, 0.29) is 12.5 Å². The Kier molecular flexibility index (Phi) is 3.05. The summed E-state index contributed by atoms with van der Waals surface area (Å²) in [6, 6.07) is -0.556. The minimum absolute atomic E-state index is 0.0392. The van der Waals surface area contributed by atoms with Gasteiger partial charge >= 0.3 is 5.97 Å². The Bertz CT molecular complexity index is 172. The maximum absolute atomic E-state index is 10.7. The smallest absolute Gasteiger partial charge is 0.321 e. The van der Waals surface area contributed by atoms with Crippen molar-refractivity contribution in [2.45, 2.75) is 19.4 Å². The fourth-order valence-electron chi connectivity index (χ4n) is 1.83. The molecule has 0 aromatic carbocycles.